The Morgan fingerprint density at radius 1 is 1.08 bits per heavy atom. The van der Waals surface area contributed by atoms with Crippen LogP contribution in [0.15, 0.2) is 53.5 Å². The lowest BCUT2D eigenvalue weighted by atomic mass is 9.97. The fourth-order valence-electron chi connectivity index (χ4n) is 2.96. The molecule has 0 aromatic heterocycles. The van der Waals surface area contributed by atoms with Gasteiger partial charge in [0.15, 0.2) is 6.29 Å². The second kappa shape index (κ2) is 8.32. The maximum Gasteiger partial charge on any atom is 0.185 e. The summed E-state index contributed by atoms with van der Waals surface area (Å²) in [6.45, 7) is 3.46. The van der Waals surface area contributed by atoms with Crippen molar-refractivity contribution in [3.8, 4) is 0 Å². The molecular weight excluding hydrogens is 318 g/mol. The topological polar surface area (TPSA) is 30.8 Å². The molecule has 0 amide bonds. The Balaban J connectivity index is 1.66. The maximum absolute atomic E-state index is 5.95. The van der Waals surface area contributed by atoms with Gasteiger partial charge < -0.3 is 9.47 Å². The van der Waals surface area contributed by atoms with E-state index in [1.165, 1.54) is 17.5 Å². The molecule has 0 radical (unpaired) electrons. The predicted octanol–water partition coefficient (Wildman–Crippen LogP) is 5.20. The Morgan fingerprint density at radius 2 is 1.79 bits per heavy atom. The molecule has 2 aromatic carbocycles. The maximum atomic E-state index is 5.95. The zero-order valence-electron chi connectivity index (χ0n) is 13.8. The molecule has 3 nitrogen and oxygen atoms in total. The van der Waals surface area contributed by atoms with Crippen LogP contribution in [0.1, 0.15) is 42.2 Å². The van der Waals surface area contributed by atoms with E-state index >= 15 is 0 Å². The summed E-state index contributed by atoms with van der Waals surface area (Å²) in [5.74, 6) is 0.262. The number of aliphatic imine (C=N–C) groups is 1. The van der Waals surface area contributed by atoms with E-state index in [1.54, 1.807) is 0 Å². The molecule has 1 heterocycles. The van der Waals surface area contributed by atoms with Gasteiger partial charge in [0, 0.05) is 11.5 Å². The highest BCUT2D eigenvalue weighted by Gasteiger charge is 2.26. The van der Waals surface area contributed by atoms with E-state index in [2.05, 4.69) is 41.3 Å². The minimum atomic E-state index is -0.399. The molecule has 1 saturated heterocycles. The van der Waals surface area contributed by atoms with Crippen molar-refractivity contribution in [1.29, 1.82) is 0 Å². The van der Waals surface area contributed by atoms with Crippen LogP contribution in [0, 0.1) is 0 Å². The monoisotopic (exact) mass is 339 g/mol. The van der Waals surface area contributed by atoms with E-state index in [1.807, 2.05) is 24.3 Å². The Labute approximate surface area is 148 Å². The molecule has 0 saturated carbocycles. The number of nitrogens with zero attached hydrogens (tertiary/aromatic N) is 1. The largest absolute Gasteiger partial charge is 0.348 e. The SMILES string of the molecule is CCCc1ccc([C@H]2CO[C@H](c3ccccc3N=C=S)OC2)cc1. The van der Waals surface area contributed by atoms with E-state index in [0.717, 1.165) is 17.7 Å². The zero-order valence-corrected chi connectivity index (χ0v) is 14.6. The Bertz CT molecular complexity index is 715. The van der Waals surface area contributed by atoms with Gasteiger partial charge in [-0.1, -0.05) is 55.8 Å². The lowest BCUT2D eigenvalue weighted by molar-refractivity contribution is -0.191. The second-order valence-electron chi connectivity index (χ2n) is 5.95. The molecule has 0 spiro atoms. The molecule has 1 fully saturated rings. The third-order valence-electron chi connectivity index (χ3n) is 4.24. The van der Waals surface area contributed by atoms with Crippen LogP contribution in [0.4, 0.5) is 5.69 Å². The van der Waals surface area contributed by atoms with Gasteiger partial charge in [0.05, 0.1) is 24.1 Å². The van der Waals surface area contributed by atoms with Crippen molar-refractivity contribution >= 4 is 23.1 Å². The summed E-state index contributed by atoms with van der Waals surface area (Å²) in [5, 5.41) is 2.41. The third kappa shape index (κ3) is 3.97. The first-order chi connectivity index (χ1) is 11.8. The zero-order chi connectivity index (χ0) is 16.8. The van der Waals surface area contributed by atoms with Crippen LogP contribution >= 0.6 is 12.2 Å². The number of rotatable bonds is 5. The molecule has 0 bridgehead atoms. The Morgan fingerprint density at radius 3 is 2.46 bits per heavy atom. The minimum Gasteiger partial charge on any atom is -0.348 e. The number of benzene rings is 2. The third-order valence-corrected chi connectivity index (χ3v) is 4.34. The molecule has 24 heavy (non-hydrogen) atoms. The summed E-state index contributed by atoms with van der Waals surface area (Å²) < 4.78 is 11.9. The van der Waals surface area contributed by atoms with Gasteiger partial charge in [-0.15, -0.1) is 0 Å². The summed E-state index contributed by atoms with van der Waals surface area (Å²) in [6.07, 6.45) is 1.89. The van der Waals surface area contributed by atoms with E-state index in [9.17, 15) is 0 Å². The Hall–Kier alpha value is -1.84. The van der Waals surface area contributed by atoms with Crippen molar-refractivity contribution in [1.82, 2.24) is 0 Å². The summed E-state index contributed by atoms with van der Waals surface area (Å²) >= 11 is 4.71. The summed E-state index contributed by atoms with van der Waals surface area (Å²) in [7, 11) is 0. The molecule has 124 valence electrons. The quantitative estimate of drug-likeness (QED) is 0.554. The minimum absolute atomic E-state index is 0.262. The van der Waals surface area contributed by atoms with E-state index in [0.29, 0.717) is 13.2 Å². The van der Waals surface area contributed by atoms with Crippen molar-refractivity contribution in [3.63, 3.8) is 0 Å². The molecule has 0 aliphatic carbocycles. The van der Waals surface area contributed by atoms with E-state index in [4.69, 9.17) is 21.7 Å². The summed E-state index contributed by atoms with van der Waals surface area (Å²) in [5.41, 5.74) is 4.29. The van der Waals surface area contributed by atoms with Gasteiger partial charge in [-0.25, -0.2) is 0 Å². The van der Waals surface area contributed by atoms with Crippen LogP contribution < -0.4 is 0 Å². The molecule has 4 heteroatoms. The molecule has 1 aliphatic heterocycles. The standard InChI is InChI=1S/C20H21NO2S/c1-2-5-15-8-10-16(11-9-15)17-12-22-20(23-13-17)18-6-3-4-7-19(18)21-14-24/h3-4,6-11,17,20H,2,5,12-13H2,1H3/t17-,20-. The first-order valence-electron chi connectivity index (χ1n) is 8.30. The molecule has 2 aromatic rings. The average molecular weight is 339 g/mol. The summed E-state index contributed by atoms with van der Waals surface area (Å²) in [6, 6.07) is 16.5. The Kier molecular flexibility index (Phi) is 5.89. The molecule has 3 rings (SSSR count). The van der Waals surface area contributed by atoms with Crippen molar-refractivity contribution in [3.05, 3.63) is 65.2 Å². The number of para-hydroxylation sites is 1. The van der Waals surface area contributed by atoms with Gasteiger partial charge in [-0.05, 0) is 35.8 Å². The fourth-order valence-corrected chi connectivity index (χ4v) is 3.06. The molecule has 0 unspecified atom stereocenters. The van der Waals surface area contributed by atoms with Crippen LogP contribution in [0.2, 0.25) is 0 Å². The van der Waals surface area contributed by atoms with Crippen LogP contribution in [-0.4, -0.2) is 18.4 Å². The van der Waals surface area contributed by atoms with Crippen molar-refractivity contribution in [2.45, 2.75) is 32.0 Å². The van der Waals surface area contributed by atoms with Gasteiger partial charge >= 0.3 is 0 Å². The smallest absolute Gasteiger partial charge is 0.185 e. The van der Waals surface area contributed by atoms with Crippen molar-refractivity contribution in [2.24, 2.45) is 4.99 Å². The molecule has 0 N–H and O–H groups in total. The molecule has 1 aliphatic rings. The highest BCUT2D eigenvalue weighted by atomic mass is 32.1. The average Bonchev–Trinajstić information content (AvgIpc) is 2.64. The number of hydrogen-bond acceptors (Lipinski definition) is 4. The van der Waals surface area contributed by atoms with Crippen LogP contribution in [0.3, 0.4) is 0 Å². The first kappa shape index (κ1) is 17.0. The van der Waals surface area contributed by atoms with Gasteiger partial charge in [-0.2, -0.15) is 4.99 Å². The van der Waals surface area contributed by atoms with E-state index in [-0.39, 0.29) is 5.92 Å². The number of aryl methyl sites for hydroxylation is 1. The van der Waals surface area contributed by atoms with Gasteiger partial charge in [0.1, 0.15) is 0 Å². The molecule has 0 atom stereocenters. The van der Waals surface area contributed by atoms with Crippen LogP contribution in [0.25, 0.3) is 0 Å². The highest BCUT2D eigenvalue weighted by Crippen LogP contribution is 2.34. The first-order valence-corrected chi connectivity index (χ1v) is 8.71. The number of hydrogen-bond donors (Lipinski definition) is 0. The van der Waals surface area contributed by atoms with Gasteiger partial charge in [0.2, 0.25) is 0 Å². The lowest BCUT2D eigenvalue weighted by Crippen LogP contribution is -2.25. The number of ether oxygens (including phenoxy) is 2. The van der Waals surface area contributed by atoms with Crippen molar-refractivity contribution < 1.29 is 9.47 Å². The van der Waals surface area contributed by atoms with Crippen LogP contribution in [0.5, 0.6) is 0 Å². The number of isothiocyanates is 1. The van der Waals surface area contributed by atoms with Gasteiger partial charge in [0.25, 0.3) is 0 Å². The molecular formula is C20H21NO2S. The number of thiocarbonyl (C=S) groups is 1. The van der Waals surface area contributed by atoms with Crippen molar-refractivity contribution in [2.75, 3.05) is 13.2 Å². The fraction of sp³-hybridized carbons (Fsp3) is 0.350. The summed E-state index contributed by atoms with van der Waals surface area (Å²) in [4.78, 5) is 4.09. The highest BCUT2D eigenvalue weighted by molar-refractivity contribution is 7.78. The van der Waals surface area contributed by atoms with E-state index < -0.39 is 6.29 Å². The normalized spacial score (nSPS) is 20.4. The lowest BCUT2D eigenvalue weighted by Gasteiger charge is -2.30. The predicted molar refractivity (Wildman–Crippen MR) is 99.0 cm³/mol. The second-order valence-corrected chi connectivity index (χ2v) is 6.13. The van der Waals surface area contributed by atoms with Gasteiger partial charge in [-0.3, -0.25) is 0 Å². The van der Waals surface area contributed by atoms with Crippen LogP contribution in [-0.2, 0) is 15.9 Å².